The molecule has 2 rings (SSSR count). The molecule has 2 nitrogen and oxygen atoms in total. The molecule has 0 aliphatic rings. The lowest BCUT2D eigenvalue weighted by molar-refractivity contribution is 0.0821. The monoisotopic (exact) mass is 358 g/mol. The molecular formula is C14H12BrClO2S. The lowest BCUT2D eigenvalue weighted by Crippen LogP contribution is -2.23. The van der Waals surface area contributed by atoms with Crippen LogP contribution in [0.4, 0.5) is 0 Å². The molecule has 0 saturated heterocycles. The minimum Gasteiger partial charge on any atom is -0.482 e. The first-order chi connectivity index (χ1) is 8.97. The summed E-state index contributed by atoms with van der Waals surface area (Å²) in [6.07, 6.45) is -0.533. The van der Waals surface area contributed by atoms with Crippen molar-refractivity contribution in [1.82, 2.24) is 0 Å². The molecule has 1 unspecified atom stereocenters. The van der Waals surface area contributed by atoms with E-state index < -0.39 is 6.10 Å². The number of hydrogen-bond acceptors (Lipinski definition) is 3. The highest BCUT2D eigenvalue weighted by atomic mass is 79.9. The quantitative estimate of drug-likeness (QED) is 0.708. The molecule has 5 heteroatoms. The first-order valence-corrected chi connectivity index (χ1v) is 7.68. The smallest absolute Gasteiger partial charge is 0.212 e. The number of carbonyl (C=O) groups is 1. The zero-order valence-electron chi connectivity index (χ0n) is 10.4. The maximum absolute atomic E-state index is 12.2. The van der Waals surface area contributed by atoms with Crippen LogP contribution in [0.15, 0.2) is 34.8 Å². The van der Waals surface area contributed by atoms with Gasteiger partial charge in [0, 0.05) is 4.47 Å². The number of halogens is 2. The molecule has 1 atom stereocenters. The first-order valence-electron chi connectivity index (χ1n) is 5.69. The fourth-order valence-corrected chi connectivity index (χ4v) is 3.17. The first kappa shape index (κ1) is 14.6. The van der Waals surface area contributed by atoms with Crippen molar-refractivity contribution in [2.24, 2.45) is 0 Å². The van der Waals surface area contributed by atoms with Crippen LogP contribution in [-0.2, 0) is 0 Å². The standard InChI is InChI=1S/C14H12BrClO2S/c1-8-7-10(15)3-4-11(8)18-9(2)14(17)12-5-6-13(16)19-12/h3-7,9H,1-2H3. The number of rotatable bonds is 4. The van der Waals surface area contributed by atoms with Gasteiger partial charge in [-0.05, 0) is 49.7 Å². The second-order valence-electron chi connectivity index (χ2n) is 4.14. The SMILES string of the molecule is Cc1cc(Br)ccc1OC(C)C(=O)c1ccc(Cl)s1. The lowest BCUT2D eigenvalue weighted by Gasteiger charge is -2.14. The van der Waals surface area contributed by atoms with Crippen LogP contribution in [0, 0.1) is 6.92 Å². The number of hydrogen-bond donors (Lipinski definition) is 0. The Kier molecular flexibility index (Phi) is 4.66. The normalized spacial score (nSPS) is 12.2. The van der Waals surface area contributed by atoms with Gasteiger partial charge in [-0.2, -0.15) is 0 Å². The maximum Gasteiger partial charge on any atom is 0.212 e. The molecule has 0 bridgehead atoms. The van der Waals surface area contributed by atoms with Crippen molar-refractivity contribution in [3.8, 4) is 5.75 Å². The summed E-state index contributed by atoms with van der Waals surface area (Å²) < 4.78 is 7.31. The predicted molar refractivity (Wildman–Crippen MR) is 82.6 cm³/mol. The Balaban J connectivity index is 2.12. The Labute approximate surface area is 129 Å². The van der Waals surface area contributed by atoms with Gasteiger partial charge in [0.25, 0.3) is 0 Å². The molecule has 19 heavy (non-hydrogen) atoms. The number of carbonyl (C=O) groups excluding carboxylic acids is 1. The Bertz CT molecular complexity index is 609. The summed E-state index contributed by atoms with van der Waals surface area (Å²) in [6, 6.07) is 9.14. The summed E-state index contributed by atoms with van der Waals surface area (Å²) in [5, 5.41) is 0. The molecule has 0 aliphatic carbocycles. The molecule has 0 N–H and O–H groups in total. The van der Waals surface area contributed by atoms with Crippen LogP contribution in [0.1, 0.15) is 22.2 Å². The van der Waals surface area contributed by atoms with Gasteiger partial charge < -0.3 is 4.74 Å². The number of aryl methyl sites for hydroxylation is 1. The number of benzene rings is 1. The van der Waals surface area contributed by atoms with Crippen molar-refractivity contribution in [2.75, 3.05) is 0 Å². The molecule has 0 aliphatic heterocycles. The van der Waals surface area contributed by atoms with Gasteiger partial charge in [-0.1, -0.05) is 27.5 Å². The van der Waals surface area contributed by atoms with E-state index in [0.29, 0.717) is 15.0 Å². The molecule has 0 fully saturated rings. The van der Waals surface area contributed by atoms with Crippen LogP contribution in [0.25, 0.3) is 0 Å². The van der Waals surface area contributed by atoms with Gasteiger partial charge in [0.15, 0.2) is 6.10 Å². The summed E-state index contributed by atoms with van der Waals surface area (Å²) in [5.41, 5.74) is 0.984. The van der Waals surface area contributed by atoms with E-state index in [1.165, 1.54) is 11.3 Å². The second-order valence-corrected chi connectivity index (χ2v) is 6.77. The summed E-state index contributed by atoms with van der Waals surface area (Å²) in [6.45, 7) is 3.69. The van der Waals surface area contributed by atoms with Crippen molar-refractivity contribution in [3.05, 3.63) is 49.6 Å². The van der Waals surface area contributed by atoms with E-state index in [1.807, 2.05) is 25.1 Å². The van der Waals surface area contributed by atoms with Crippen molar-refractivity contribution >= 4 is 44.7 Å². The van der Waals surface area contributed by atoms with Gasteiger partial charge in [0.2, 0.25) is 5.78 Å². The minimum atomic E-state index is -0.533. The van der Waals surface area contributed by atoms with Crippen LogP contribution in [0.3, 0.4) is 0 Å². The molecule has 0 amide bonds. The summed E-state index contributed by atoms with van der Waals surface area (Å²) in [4.78, 5) is 12.8. The molecule has 0 spiro atoms. The van der Waals surface area contributed by atoms with Crippen LogP contribution in [0.2, 0.25) is 4.34 Å². The molecular weight excluding hydrogens is 348 g/mol. The third-order valence-electron chi connectivity index (χ3n) is 2.63. The topological polar surface area (TPSA) is 26.3 Å². The second kappa shape index (κ2) is 6.07. The van der Waals surface area contributed by atoms with Crippen LogP contribution < -0.4 is 4.74 Å². The summed E-state index contributed by atoms with van der Waals surface area (Å²) >= 11 is 10.5. The van der Waals surface area contributed by atoms with E-state index in [4.69, 9.17) is 16.3 Å². The fraction of sp³-hybridized carbons (Fsp3) is 0.214. The molecule has 0 saturated carbocycles. The summed E-state index contributed by atoms with van der Waals surface area (Å²) in [5.74, 6) is 0.658. The van der Waals surface area contributed by atoms with Gasteiger partial charge in [-0.3, -0.25) is 4.79 Å². The Morgan fingerprint density at radius 3 is 2.68 bits per heavy atom. The minimum absolute atomic E-state index is 0.0563. The maximum atomic E-state index is 12.2. The number of thiophene rings is 1. The van der Waals surface area contributed by atoms with E-state index >= 15 is 0 Å². The Morgan fingerprint density at radius 2 is 2.11 bits per heavy atom. The Hall–Kier alpha value is -0.840. The lowest BCUT2D eigenvalue weighted by atomic mass is 10.2. The zero-order valence-corrected chi connectivity index (χ0v) is 13.6. The van der Waals surface area contributed by atoms with Crippen molar-refractivity contribution < 1.29 is 9.53 Å². The van der Waals surface area contributed by atoms with E-state index in [-0.39, 0.29) is 5.78 Å². The van der Waals surface area contributed by atoms with Gasteiger partial charge in [-0.15, -0.1) is 11.3 Å². The Morgan fingerprint density at radius 1 is 1.37 bits per heavy atom. The number of ether oxygens (including phenoxy) is 1. The van der Waals surface area contributed by atoms with E-state index in [1.54, 1.807) is 19.1 Å². The predicted octanol–water partition coefficient (Wildman–Crippen LogP) is 5.12. The number of Topliss-reactive ketones (excluding diaryl/α,β-unsaturated/α-hetero) is 1. The highest BCUT2D eigenvalue weighted by Gasteiger charge is 2.19. The molecule has 1 aromatic heterocycles. The zero-order chi connectivity index (χ0) is 14.0. The van der Waals surface area contributed by atoms with Crippen LogP contribution in [0.5, 0.6) is 5.75 Å². The van der Waals surface area contributed by atoms with E-state index in [9.17, 15) is 4.79 Å². The third-order valence-corrected chi connectivity index (χ3v) is 4.36. The van der Waals surface area contributed by atoms with Gasteiger partial charge in [-0.25, -0.2) is 0 Å². The fourth-order valence-electron chi connectivity index (χ4n) is 1.64. The largest absolute Gasteiger partial charge is 0.482 e. The average Bonchev–Trinajstić information content (AvgIpc) is 2.78. The molecule has 1 heterocycles. The van der Waals surface area contributed by atoms with Crippen LogP contribution in [-0.4, -0.2) is 11.9 Å². The van der Waals surface area contributed by atoms with Crippen molar-refractivity contribution in [2.45, 2.75) is 20.0 Å². The van der Waals surface area contributed by atoms with Crippen LogP contribution >= 0.6 is 38.9 Å². The molecule has 2 aromatic rings. The molecule has 0 radical (unpaired) electrons. The third kappa shape index (κ3) is 3.59. The molecule has 1 aromatic carbocycles. The molecule has 100 valence electrons. The van der Waals surface area contributed by atoms with Gasteiger partial charge in [0.05, 0.1) is 9.21 Å². The highest BCUT2D eigenvalue weighted by molar-refractivity contribution is 9.10. The van der Waals surface area contributed by atoms with Gasteiger partial charge >= 0.3 is 0 Å². The van der Waals surface area contributed by atoms with E-state index in [0.717, 1.165) is 10.0 Å². The van der Waals surface area contributed by atoms with Crippen molar-refractivity contribution in [3.63, 3.8) is 0 Å². The number of ketones is 1. The average molecular weight is 360 g/mol. The highest BCUT2D eigenvalue weighted by Crippen LogP contribution is 2.26. The van der Waals surface area contributed by atoms with Gasteiger partial charge in [0.1, 0.15) is 5.75 Å². The van der Waals surface area contributed by atoms with Crippen molar-refractivity contribution in [1.29, 1.82) is 0 Å². The van der Waals surface area contributed by atoms with E-state index in [2.05, 4.69) is 15.9 Å². The summed E-state index contributed by atoms with van der Waals surface area (Å²) in [7, 11) is 0.